The number of nitrogens with two attached hydrogens (primary N) is 1. The van der Waals surface area contributed by atoms with E-state index in [1.165, 1.54) is 11.8 Å². The highest BCUT2D eigenvalue weighted by Gasteiger charge is 2.35. The van der Waals surface area contributed by atoms with E-state index in [-0.39, 0.29) is 12.3 Å². The van der Waals surface area contributed by atoms with Gasteiger partial charge in [0, 0.05) is 6.54 Å². The molecule has 0 aliphatic carbocycles. The minimum absolute atomic E-state index is 0.147. The first-order valence-corrected chi connectivity index (χ1v) is 5.40. The number of amides is 1. The van der Waals surface area contributed by atoms with Crippen molar-refractivity contribution in [3.05, 3.63) is 29.8 Å². The highest BCUT2D eigenvalue weighted by Crippen LogP contribution is 2.25. The predicted molar refractivity (Wildman–Crippen MR) is 62.6 cm³/mol. The standard InChI is InChI=1S/C12H14N2O3/c1-8(15)11-7-14(12(16)17-11)10-5-3-2-4-9(10)6-13/h2-5,11H,6-7,13H2,1H3. The molecule has 17 heavy (non-hydrogen) atoms. The van der Waals surface area contributed by atoms with Crippen LogP contribution in [0.4, 0.5) is 10.5 Å². The number of hydrogen-bond donors (Lipinski definition) is 1. The third kappa shape index (κ3) is 2.14. The van der Waals surface area contributed by atoms with Crippen LogP contribution in [-0.4, -0.2) is 24.5 Å². The zero-order valence-electron chi connectivity index (χ0n) is 9.55. The van der Waals surface area contributed by atoms with Gasteiger partial charge in [-0.05, 0) is 18.6 Å². The molecule has 1 aromatic rings. The predicted octanol–water partition coefficient (Wildman–Crippen LogP) is 1.06. The Labute approximate surface area is 99.2 Å². The molecule has 5 nitrogen and oxygen atoms in total. The lowest BCUT2D eigenvalue weighted by Gasteiger charge is -2.16. The van der Waals surface area contributed by atoms with E-state index in [0.29, 0.717) is 12.2 Å². The summed E-state index contributed by atoms with van der Waals surface area (Å²) < 4.78 is 4.99. The van der Waals surface area contributed by atoms with Crippen LogP contribution in [0, 0.1) is 0 Å². The molecule has 1 aromatic carbocycles. The maximum absolute atomic E-state index is 11.7. The average molecular weight is 234 g/mol. The molecule has 1 heterocycles. The lowest BCUT2D eigenvalue weighted by molar-refractivity contribution is -0.123. The Hall–Kier alpha value is -1.88. The molecule has 2 N–H and O–H groups in total. The van der Waals surface area contributed by atoms with Crippen molar-refractivity contribution in [2.75, 3.05) is 11.4 Å². The Morgan fingerprint density at radius 3 is 2.82 bits per heavy atom. The van der Waals surface area contributed by atoms with Gasteiger partial charge in [0.2, 0.25) is 0 Å². The van der Waals surface area contributed by atoms with Crippen LogP contribution < -0.4 is 10.6 Å². The van der Waals surface area contributed by atoms with Gasteiger partial charge in [0.15, 0.2) is 11.9 Å². The molecular weight excluding hydrogens is 220 g/mol. The van der Waals surface area contributed by atoms with E-state index in [4.69, 9.17) is 10.5 Å². The van der Waals surface area contributed by atoms with Gasteiger partial charge in [0.25, 0.3) is 0 Å². The van der Waals surface area contributed by atoms with Gasteiger partial charge in [0.1, 0.15) is 0 Å². The molecule has 0 saturated carbocycles. The summed E-state index contributed by atoms with van der Waals surface area (Å²) in [4.78, 5) is 24.3. The zero-order valence-corrected chi connectivity index (χ0v) is 9.55. The molecule has 1 fully saturated rings. The fourth-order valence-electron chi connectivity index (χ4n) is 1.82. The average Bonchev–Trinajstić information content (AvgIpc) is 2.71. The van der Waals surface area contributed by atoms with Crippen molar-refractivity contribution in [2.45, 2.75) is 19.6 Å². The molecule has 1 atom stereocenters. The van der Waals surface area contributed by atoms with Gasteiger partial charge in [-0.3, -0.25) is 9.69 Å². The van der Waals surface area contributed by atoms with Crippen LogP contribution in [0.3, 0.4) is 0 Å². The van der Waals surface area contributed by atoms with Crippen molar-refractivity contribution < 1.29 is 14.3 Å². The van der Waals surface area contributed by atoms with E-state index in [1.54, 1.807) is 6.07 Å². The van der Waals surface area contributed by atoms with Gasteiger partial charge in [-0.2, -0.15) is 0 Å². The lowest BCUT2D eigenvalue weighted by Crippen LogP contribution is -2.27. The molecule has 0 bridgehead atoms. The number of hydrogen-bond acceptors (Lipinski definition) is 4. The van der Waals surface area contributed by atoms with E-state index in [1.807, 2.05) is 18.2 Å². The largest absolute Gasteiger partial charge is 0.436 e. The number of carbonyl (C=O) groups excluding carboxylic acids is 2. The van der Waals surface area contributed by atoms with Crippen LogP contribution in [0.25, 0.3) is 0 Å². The Balaban J connectivity index is 2.29. The summed E-state index contributed by atoms with van der Waals surface area (Å²) in [5.41, 5.74) is 7.18. The summed E-state index contributed by atoms with van der Waals surface area (Å²) >= 11 is 0. The van der Waals surface area contributed by atoms with Crippen LogP contribution in [0.1, 0.15) is 12.5 Å². The smallest absolute Gasteiger partial charge is 0.415 e. The maximum atomic E-state index is 11.7. The number of benzene rings is 1. The van der Waals surface area contributed by atoms with Crippen molar-refractivity contribution in [1.29, 1.82) is 0 Å². The fourth-order valence-corrected chi connectivity index (χ4v) is 1.82. The SMILES string of the molecule is CC(=O)C1CN(c2ccccc2CN)C(=O)O1. The van der Waals surface area contributed by atoms with E-state index >= 15 is 0 Å². The minimum atomic E-state index is -0.673. The summed E-state index contributed by atoms with van der Waals surface area (Å²) in [6.45, 7) is 2.01. The number of anilines is 1. The number of ketones is 1. The highest BCUT2D eigenvalue weighted by atomic mass is 16.6. The number of Topliss-reactive ketones (excluding diaryl/α,β-unsaturated/α-hetero) is 1. The number of rotatable bonds is 3. The Morgan fingerprint density at radius 2 is 2.24 bits per heavy atom. The van der Waals surface area contributed by atoms with Crippen molar-refractivity contribution in [3.63, 3.8) is 0 Å². The first-order chi connectivity index (χ1) is 8.13. The molecule has 5 heteroatoms. The maximum Gasteiger partial charge on any atom is 0.415 e. The van der Waals surface area contributed by atoms with Gasteiger partial charge in [-0.1, -0.05) is 18.2 Å². The van der Waals surface area contributed by atoms with Crippen molar-refractivity contribution in [2.24, 2.45) is 5.73 Å². The topological polar surface area (TPSA) is 72.6 Å². The Morgan fingerprint density at radius 1 is 1.53 bits per heavy atom. The monoisotopic (exact) mass is 234 g/mol. The first kappa shape index (κ1) is 11.6. The second kappa shape index (κ2) is 4.55. The quantitative estimate of drug-likeness (QED) is 0.848. The number of cyclic esters (lactones) is 1. The molecule has 0 radical (unpaired) electrons. The zero-order chi connectivity index (χ0) is 12.4. The molecule has 0 aromatic heterocycles. The van der Waals surface area contributed by atoms with Crippen molar-refractivity contribution in [1.82, 2.24) is 0 Å². The van der Waals surface area contributed by atoms with Crippen LogP contribution in [0.15, 0.2) is 24.3 Å². The van der Waals surface area contributed by atoms with Crippen LogP contribution >= 0.6 is 0 Å². The van der Waals surface area contributed by atoms with Gasteiger partial charge in [0.05, 0.1) is 12.2 Å². The summed E-state index contributed by atoms with van der Waals surface area (Å²) in [5.74, 6) is -0.147. The normalized spacial score (nSPS) is 19.3. The molecule has 1 aliphatic heterocycles. The van der Waals surface area contributed by atoms with E-state index in [9.17, 15) is 9.59 Å². The molecule has 2 rings (SSSR count). The molecule has 1 aliphatic rings. The highest BCUT2D eigenvalue weighted by molar-refractivity contribution is 5.96. The van der Waals surface area contributed by atoms with Gasteiger partial charge >= 0.3 is 6.09 Å². The van der Waals surface area contributed by atoms with Crippen LogP contribution in [-0.2, 0) is 16.1 Å². The van der Waals surface area contributed by atoms with E-state index in [0.717, 1.165) is 5.56 Å². The molecule has 1 unspecified atom stereocenters. The number of nitrogens with zero attached hydrogens (tertiary/aromatic N) is 1. The summed E-state index contributed by atoms with van der Waals surface area (Å²) in [7, 11) is 0. The second-order valence-electron chi connectivity index (χ2n) is 3.93. The minimum Gasteiger partial charge on any atom is -0.436 e. The lowest BCUT2D eigenvalue weighted by atomic mass is 10.1. The molecule has 90 valence electrons. The van der Waals surface area contributed by atoms with Crippen LogP contribution in [0.2, 0.25) is 0 Å². The van der Waals surface area contributed by atoms with Crippen molar-refractivity contribution in [3.8, 4) is 0 Å². The summed E-state index contributed by atoms with van der Waals surface area (Å²) in [6, 6.07) is 7.33. The van der Waals surface area contributed by atoms with Gasteiger partial charge < -0.3 is 10.5 Å². The first-order valence-electron chi connectivity index (χ1n) is 5.40. The molecule has 0 spiro atoms. The summed E-state index contributed by atoms with van der Waals surface area (Å²) in [5, 5.41) is 0. The third-order valence-corrected chi connectivity index (χ3v) is 2.77. The van der Waals surface area contributed by atoms with Gasteiger partial charge in [-0.25, -0.2) is 4.79 Å². The molecule has 1 saturated heterocycles. The Kier molecular flexibility index (Phi) is 3.10. The van der Waals surface area contributed by atoms with Gasteiger partial charge in [-0.15, -0.1) is 0 Å². The fraction of sp³-hybridized carbons (Fsp3) is 0.333. The van der Waals surface area contributed by atoms with E-state index < -0.39 is 12.2 Å². The van der Waals surface area contributed by atoms with E-state index in [2.05, 4.69) is 0 Å². The summed E-state index contributed by atoms with van der Waals surface area (Å²) in [6.07, 6.45) is -1.17. The number of para-hydroxylation sites is 1. The number of ether oxygens (including phenoxy) is 1. The Bertz CT molecular complexity index is 459. The molecule has 1 amide bonds. The van der Waals surface area contributed by atoms with Crippen molar-refractivity contribution >= 4 is 17.6 Å². The van der Waals surface area contributed by atoms with Crippen LogP contribution in [0.5, 0.6) is 0 Å². The number of carbonyl (C=O) groups is 2. The molecular formula is C12H14N2O3. The third-order valence-electron chi connectivity index (χ3n) is 2.77. The second-order valence-corrected chi connectivity index (χ2v) is 3.93.